The van der Waals surface area contributed by atoms with E-state index in [1.807, 2.05) is 12.3 Å². The monoisotopic (exact) mass is 414 g/mol. The van der Waals surface area contributed by atoms with Gasteiger partial charge in [0.25, 0.3) is 0 Å². The van der Waals surface area contributed by atoms with Crippen LogP contribution in [-0.2, 0) is 6.42 Å². The zero-order valence-corrected chi connectivity index (χ0v) is 19.2. The lowest BCUT2D eigenvalue weighted by atomic mass is 9.77. The second-order valence-corrected chi connectivity index (χ2v) is 8.85. The smallest absolute Gasteiger partial charge is 0.0733 e. The SMILES string of the molecule is C=CCCCCCc1ccc(C=NN=C(c2ccccc2)C2CCC(CC)CC2)cc1. The van der Waals surface area contributed by atoms with Gasteiger partial charge in [0.2, 0.25) is 0 Å². The Morgan fingerprint density at radius 3 is 2.35 bits per heavy atom. The van der Waals surface area contributed by atoms with Crippen molar-refractivity contribution in [1.29, 1.82) is 0 Å². The Bertz CT molecular complexity index is 825. The maximum Gasteiger partial charge on any atom is 0.0733 e. The average Bonchev–Trinajstić information content (AvgIpc) is 2.83. The van der Waals surface area contributed by atoms with Gasteiger partial charge in [-0.3, -0.25) is 0 Å². The maximum atomic E-state index is 4.74. The van der Waals surface area contributed by atoms with Crippen molar-refractivity contribution in [1.82, 2.24) is 0 Å². The van der Waals surface area contributed by atoms with Gasteiger partial charge in [-0.2, -0.15) is 10.2 Å². The molecule has 1 aliphatic rings. The fourth-order valence-electron chi connectivity index (χ4n) is 4.55. The largest absolute Gasteiger partial charge is 0.158 e. The van der Waals surface area contributed by atoms with E-state index in [0.717, 1.165) is 30.0 Å². The fraction of sp³-hybridized carbons (Fsp3) is 0.448. The predicted octanol–water partition coefficient (Wildman–Crippen LogP) is 8.02. The first-order valence-corrected chi connectivity index (χ1v) is 12.2. The third-order valence-corrected chi connectivity index (χ3v) is 6.61. The lowest BCUT2D eigenvalue weighted by molar-refractivity contribution is 0.315. The number of nitrogens with zero attached hydrogens (tertiary/aromatic N) is 2. The molecule has 1 aliphatic carbocycles. The van der Waals surface area contributed by atoms with Gasteiger partial charge in [0, 0.05) is 5.92 Å². The maximum absolute atomic E-state index is 4.74. The molecule has 0 atom stereocenters. The number of hydrogen-bond acceptors (Lipinski definition) is 2. The summed E-state index contributed by atoms with van der Waals surface area (Å²) < 4.78 is 0. The quantitative estimate of drug-likeness (QED) is 0.154. The van der Waals surface area contributed by atoms with Gasteiger partial charge in [-0.25, -0.2) is 0 Å². The Morgan fingerprint density at radius 2 is 1.68 bits per heavy atom. The fourth-order valence-corrected chi connectivity index (χ4v) is 4.55. The van der Waals surface area contributed by atoms with Crippen molar-refractivity contribution in [2.45, 2.75) is 71.1 Å². The summed E-state index contributed by atoms with van der Waals surface area (Å²) in [6.45, 7) is 6.11. The van der Waals surface area contributed by atoms with Crippen LogP contribution in [0.4, 0.5) is 0 Å². The van der Waals surface area contributed by atoms with Crippen LogP contribution in [0.15, 0.2) is 77.5 Å². The summed E-state index contributed by atoms with van der Waals surface area (Å²) in [5, 5.41) is 9.25. The minimum atomic E-state index is 0.519. The van der Waals surface area contributed by atoms with E-state index in [2.05, 4.69) is 73.2 Å². The van der Waals surface area contributed by atoms with E-state index in [4.69, 9.17) is 5.10 Å². The number of allylic oxidation sites excluding steroid dienone is 1. The highest BCUT2D eigenvalue weighted by Gasteiger charge is 2.25. The molecular weight excluding hydrogens is 376 g/mol. The Hall–Kier alpha value is -2.48. The molecule has 0 saturated heterocycles. The van der Waals surface area contributed by atoms with E-state index in [1.165, 1.54) is 62.5 Å². The second-order valence-electron chi connectivity index (χ2n) is 8.85. The average molecular weight is 415 g/mol. The van der Waals surface area contributed by atoms with Crippen molar-refractivity contribution in [3.8, 4) is 0 Å². The van der Waals surface area contributed by atoms with Crippen LogP contribution in [0.25, 0.3) is 0 Å². The molecule has 0 amide bonds. The molecule has 2 heteroatoms. The van der Waals surface area contributed by atoms with E-state index in [1.54, 1.807) is 0 Å². The first kappa shape index (κ1) is 23.2. The topological polar surface area (TPSA) is 24.7 Å². The van der Waals surface area contributed by atoms with E-state index >= 15 is 0 Å². The Labute approximate surface area is 189 Å². The van der Waals surface area contributed by atoms with Gasteiger partial charge in [-0.15, -0.1) is 6.58 Å². The molecule has 0 N–H and O–H groups in total. The van der Waals surface area contributed by atoms with Crippen LogP contribution in [0.1, 0.15) is 81.4 Å². The molecule has 0 heterocycles. The van der Waals surface area contributed by atoms with Crippen LogP contribution >= 0.6 is 0 Å². The molecule has 0 aromatic heterocycles. The summed E-state index contributed by atoms with van der Waals surface area (Å²) >= 11 is 0. The van der Waals surface area contributed by atoms with Gasteiger partial charge in [0.05, 0.1) is 11.9 Å². The normalized spacial score (nSPS) is 19.6. The minimum absolute atomic E-state index is 0.519. The van der Waals surface area contributed by atoms with Gasteiger partial charge >= 0.3 is 0 Å². The van der Waals surface area contributed by atoms with E-state index in [-0.39, 0.29) is 0 Å². The zero-order valence-electron chi connectivity index (χ0n) is 19.2. The van der Waals surface area contributed by atoms with Crippen LogP contribution in [0.2, 0.25) is 0 Å². The molecule has 2 aromatic carbocycles. The van der Waals surface area contributed by atoms with Crippen LogP contribution in [0.3, 0.4) is 0 Å². The molecule has 1 saturated carbocycles. The number of hydrogen-bond donors (Lipinski definition) is 0. The molecule has 164 valence electrons. The predicted molar refractivity (Wildman–Crippen MR) is 135 cm³/mol. The number of aryl methyl sites for hydroxylation is 1. The zero-order chi connectivity index (χ0) is 21.7. The molecule has 31 heavy (non-hydrogen) atoms. The highest BCUT2D eigenvalue weighted by atomic mass is 15.2. The van der Waals surface area contributed by atoms with Gasteiger partial charge < -0.3 is 0 Å². The molecule has 0 radical (unpaired) electrons. The van der Waals surface area contributed by atoms with Crippen molar-refractivity contribution in [3.05, 3.63) is 83.9 Å². The molecule has 2 nitrogen and oxygen atoms in total. The summed E-state index contributed by atoms with van der Waals surface area (Å²) in [6.07, 6.45) is 16.3. The van der Waals surface area contributed by atoms with Crippen LogP contribution in [0, 0.1) is 11.8 Å². The first-order valence-electron chi connectivity index (χ1n) is 12.2. The standard InChI is InChI=1S/C29H38N2/c1-3-5-6-7-9-12-25-15-17-26(18-16-25)23-30-31-29(27-13-10-8-11-14-27)28-21-19-24(4-2)20-22-28/h3,8,10-11,13-18,23-24,28H,1,4-7,9,12,19-22H2,2H3. The van der Waals surface area contributed by atoms with Crippen LogP contribution in [-0.4, -0.2) is 11.9 Å². The molecule has 0 bridgehead atoms. The number of unbranched alkanes of at least 4 members (excludes halogenated alkanes) is 3. The Morgan fingerprint density at radius 1 is 0.935 bits per heavy atom. The third-order valence-electron chi connectivity index (χ3n) is 6.61. The van der Waals surface area contributed by atoms with Gasteiger partial charge in [0.15, 0.2) is 0 Å². The Balaban J connectivity index is 1.62. The highest BCUT2D eigenvalue weighted by Crippen LogP contribution is 2.33. The van der Waals surface area contributed by atoms with Gasteiger partial charge in [0.1, 0.15) is 0 Å². The van der Waals surface area contributed by atoms with Crippen molar-refractivity contribution in [2.75, 3.05) is 0 Å². The molecule has 3 rings (SSSR count). The molecular formula is C29H38N2. The minimum Gasteiger partial charge on any atom is -0.158 e. The lowest BCUT2D eigenvalue weighted by Crippen LogP contribution is -2.22. The van der Waals surface area contributed by atoms with Gasteiger partial charge in [-0.1, -0.05) is 80.4 Å². The van der Waals surface area contributed by atoms with Crippen LogP contribution < -0.4 is 0 Å². The summed E-state index contributed by atoms with van der Waals surface area (Å²) in [4.78, 5) is 0. The summed E-state index contributed by atoms with van der Waals surface area (Å²) in [5.41, 5.74) is 4.88. The van der Waals surface area contributed by atoms with Crippen molar-refractivity contribution in [3.63, 3.8) is 0 Å². The lowest BCUT2D eigenvalue weighted by Gasteiger charge is -2.28. The summed E-state index contributed by atoms with van der Waals surface area (Å²) in [6, 6.07) is 19.4. The van der Waals surface area contributed by atoms with E-state index in [0.29, 0.717) is 5.92 Å². The number of benzene rings is 2. The van der Waals surface area contributed by atoms with Crippen molar-refractivity contribution in [2.24, 2.45) is 22.0 Å². The van der Waals surface area contributed by atoms with E-state index in [9.17, 15) is 0 Å². The summed E-state index contributed by atoms with van der Waals surface area (Å²) in [5.74, 6) is 1.41. The second kappa shape index (κ2) is 13.0. The van der Waals surface area contributed by atoms with Gasteiger partial charge in [-0.05, 0) is 74.0 Å². The third kappa shape index (κ3) is 7.61. The summed E-state index contributed by atoms with van der Waals surface area (Å²) in [7, 11) is 0. The molecule has 0 aliphatic heterocycles. The van der Waals surface area contributed by atoms with E-state index < -0.39 is 0 Å². The first-order chi connectivity index (χ1) is 15.3. The molecule has 2 aromatic rings. The molecule has 0 spiro atoms. The Kier molecular flexibility index (Phi) is 9.76. The van der Waals surface area contributed by atoms with Crippen molar-refractivity contribution < 1.29 is 0 Å². The van der Waals surface area contributed by atoms with Crippen LogP contribution in [0.5, 0.6) is 0 Å². The highest BCUT2D eigenvalue weighted by molar-refractivity contribution is 6.02. The molecule has 0 unspecified atom stereocenters. The number of rotatable bonds is 11. The van der Waals surface area contributed by atoms with Crippen molar-refractivity contribution >= 4 is 11.9 Å². The molecule has 1 fully saturated rings.